The number of aromatic nitrogens is 2. The number of nitrogens with zero attached hydrogens (tertiary/aromatic N) is 2. The highest BCUT2D eigenvalue weighted by Gasteiger charge is 2.42. The van der Waals surface area contributed by atoms with Crippen LogP contribution in [0.15, 0.2) is 18.2 Å². The van der Waals surface area contributed by atoms with Crippen molar-refractivity contribution in [1.29, 1.82) is 0 Å². The first-order chi connectivity index (χ1) is 10.3. The first kappa shape index (κ1) is 13.4. The normalized spacial score (nSPS) is 25.6. The van der Waals surface area contributed by atoms with Crippen molar-refractivity contribution >= 4 is 22.6 Å². The number of hydrogen-bond acceptors (Lipinski definition) is 3. The zero-order valence-corrected chi connectivity index (χ0v) is 12.8. The maximum atomic E-state index is 6.16. The van der Waals surface area contributed by atoms with Gasteiger partial charge in [0.2, 0.25) is 0 Å². The summed E-state index contributed by atoms with van der Waals surface area (Å²) in [6.07, 6.45) is 3.92. The Morgan fingerprint density at radius 3 is 2.95 bits per heavy atom. The number of rotatable bonds is 4. The topological polar surface area (TPSA) is 36.3 Å². The first-order valence-corrected chi connectivity index (χ1v) is 8.08. The maximum Gasteiger partial charge on any atom is 0.146 e. The summed E-state index contributed by atoms with van der Waals surface area (Å²) in [7, 11) is 1.68. The minimum atomic E-state index is 0.315. The van der Waals surface area contributed by atoms with Gasteiger partial charge in [0.25, 0.3) is 0 Å². The quantitative estimate of drug-likeness (QED) is 0.811. The van der Waals surface area contributed by atoms with Crippen molar-refractivity contribution in [3.05, 3.63) is 24.0 Å². The van der Waals surface area contributed by atoms with E-state index in [2.05, 4.69) is 10.6 Å². The molecule has 112 valence electrons. The molecule has 1 saturated carbocycles. The molecule has 2 atom stereocenters. The predicted octanol–water partition coefficient (Wildman–Crippen LogP) is 3.52. The number of methoxy groups -OCH3 is 1. The number of hydrogen-bond donors (Lipinski definition) is 0. The smallest absolute Gasteiger partial charge is 0.146 e. The molecule has 0 radical (unpaired) electrons. The molecule has 21 heavy (non-hydrogen) atoms. The molecule has 2 fully saturated rings. The van der Waals surface area contributed by atoms with Gasteiger partial charge in [0.1, 0.15) is 17.1 Å². The Hall–Kier alpha value is -1.26. The van der Waals surface area contributed by atoms with Crippen LogP contribution in [0.1, 0.15) is 31.1 Å². The lowest BCUT2D eigenvalue weighted by Gasteiger charge is -2.22. The maximum absolute atomic E-state index is 6.16. The molecule has 0 spiro atoms. The van der Waals surface area contributed by atoms with Crippen molar-refractivity contribution < 1.29 is 9.47 Å². The molecule has 2 unspecified atom stereocenters. The van der Waals surface area contributed by atoms with Crippen LogP contribution in [0, 0.1) is 5.92 Å². The van der Waals surface area contributed by atoms with Crippen LogP contribution < -0.4 is 4.74 Å². The zero-order chi connectivity index (χ0) is 14.4. The van der Waals surface area contributed by atoms with E-state index in [1.165, 1.54) is 12.8 Å². The fourth-order valence-corrected chi connectivity index (χ4v) is 3.71. The summed E-state index contributed by atoms with van der Waals surface area (Å²) in [6, 6.07) is 6.41. The summed E-state index contributed by atoms with van der Waals surface area (Å²) < 4.78 is 13.7. The van der Waals surface area contributed by atoms with Crippen LogP contribution in [0.25, 0.3) is 11.0 Å². The van der Waals surface area contributed by atoms with Gasteiger partial charge in [-0.3, -0.25) is 0 Å². The molecule has 2 heterocycles. The first-order valence-electron chi connectivity index (χ1n) is 7.55. The highest BCUT2D eigenvalue weighted by atomic mass is 35.5. The molecule has 0 amide bonds. The predicted molar refractivity (Wildman–Crippen MR) is 82.0 cm³/mol. The number of imidazole rings is 1. The average molecular weight is 307 g/mol. The zero-order valence-electron chi connectivity index (χ0n) is 12.1. The molecule has 5 heteroatoms. The minimum absolute atomic E-state index is 0.315. The van der Waals surface area contributed by atoms with Crippen LogP contribution in [0.3, 0.4) is 0 Å². The Morgan fingerprint density at radius 1 is 1.38 bits per heavy atom. The number of halogens is 1. The lowest BCUT2D eigenvalue weighted by atomic mass is 10.1. The number of ether oxygens (including phenoxy) is 2. The largest absolute Gasteiger partial charge is 0.494 e. The Kier molecular flexibility index (Phi) is 3.31. The lowest BCUT2D eigenvalue weighted by molar-refractivity contribution is 0.0754. The molecule has 2 aliphatic rings. The second kappa shape index (κ2) is 5.18. The van der Waals surface area contributed by atoms with Gasteiger partial charge in [-0.1, -0.05) is 6.07 Å². The molecule has 1 aromatic carbocycles. The summed E-state index contributed by atoms with van der Waals surface area (Å²) >= 11 is 6.16. The lowest BCUT2D eigenvalue weighted by Crippen LogP contribution is -2.23. The molecule has 0 bridgehead atoms. The second-order valence-electron chi connectivity index (χ2n) is 5.89. The molecule has 4 rings (SSSR count). The second-order valence-corrected chi connectivity index (χ2v) is 6.16. The molecule has 1 aliphatic heterocycles. The summed E-state index contributed by atoms with van der Waals surface area (Å²) in [6.45, 7) is 0.831. The summed E-state index contributed by atoms with van der Waals surface area (Å²) in [4.78, 5) is 4.71. The van der Waals surface area contributed by atoms with Crippen molar-refractivity contribution in [1.82, 2.24) is 9.55 Å². The minimum Gasteiger partial charge on any atom is -0.494 e. The van der Waals surface area contributed by atoms with Gasteiger partial charge in [-0.05, 0) is 37.3 Å². The van der Waals surface area contributed by atoms with Crippen molar-refractivity contribution in [2.45, 2.75) is 37.3 Å². The molecule has 4 nitrogen and oxygen atoms in total. The Balaban J connectivity index is 1.86. The SMILES string of the molecule is COc1cccc2c1nc(CCl)n2C1CCOC1C1CC1. The summed E-state index contributed by atoms with van der Waals surface area (Å²) in [5.74, 6) is 2.84. The van der Waals surface area contributed by atoms with Crippen molar-refractivity contribution in [2.75, 3.05) is 13.7 Å². The van der Waals surface area contributed by atoms with Gasteiger partial charge < -0.3 is 14.0 Å². The third-order valence-corrected chi connectivity index (χ3v) is 4.86. The van der Waals surface area contributed by atoms with E-state index in [4.69, 9.17) is 26.1 Å². The van der Waals surface area contributed by atoms with Crippen LogP contribution in [0.4, 0.5) is 0 Å². The fourth-order valence-electron chi connectivity index (χ4n) is 3.52. The molecule has 1 saturated heterocycles. The number of benzene rings is 1. The monoisotopic (exact) mass is 306 g/mol. The Morgan fingerprint density at radius 2 is 2.24 bits per heavy atom. The molecule has 2 aromatic rings. The Labute approximate surface area is 129 Å². The van der Waals surface area contributed by atoms with Crippen LogP contribution in [0.2, 0.25) is 0 Å². The van der Waals surface area contributed by atoms with E-state index in [1.807, 2.05) is 12.1 Å². The molecule has 1 aromatic heterocycles. The van der Waals surface area contributed by atoms with Gasteiger partial charge in [0, 0.05) is 6.61 Å². The van der Waals surface area contributed by atoms with Crippen molar-refractivity contribution in [3.63, 3.8) is 0 Å². The number of para-hydroxylation sites is 1. The van der Waals surface area contributed by atoms with Crippen LogP contribution in [-0.4, -0.2) is 29.4 Å². The molecule has 0 N–H and O–H groups in total. The fraction of sp³-hybridized carbons (Fsp3) is 0.562. The van der Waals surface area contributed by atoms with Gasteiger partial charge in [-0.15, -0.1) is 11.6 Å². The average Bonchev–Trinajstić information content (AvgIpc) is 3.12. The molecular weight excluding hydrogens is 288 g/mol. The van der Waals surface area contributed by atoms with Gasteiger partial charge >= 0.3 is 0 Å². The van der Waals surface area contributed by atoms with E-state index >= 15 is 0 Å². The Bertz CT molecular complexity index is 666. The van der Waals surface area contributed by atoms with E-state index < -0.39 is 0 Å². The highest BCUT2D eigenvalue weighted by Crippen LogP contribution is 2.45. The van der Waals surface area contributed by atoms with Gasteiger partial charge in [-0.25, -0.2) is 4.98 Å². The van der Waals surface area contributed by atoms with E-state index in [9.17, 15) is 0 Å². The van der Waals surface area contributed by atoms with E-state index in [0.717, 1.165) is 35.6 Å². The van der Waals surface area contributed by atoms with Crippen LogP contribution in [0.5, 0.6) is 5.75 Å². The molecular formula is C16H19ClN2O2. The van der Waals surface area contributed by atoms with Gasteiger partial charge in [-0.2, -0.15) is 0 Å². The number of fused-ring (bicyclic) bond motifs is 1. The van der Waals surface area contributed by atoms with E-state index in [0.29, 0.717) is 23.9 Å². The van der Waals surface area contributed by atoms with Gasteiger partial charge in [0.15, 0.2) is 0 Å². The van der Waals surface area contributed by atoms with E-state index in [-0.39, 0.29) is 0 Å². The van der Waals surface area contributed by atoms with Gasteiger partial charge in [0.05, 0.1) is 30.7 Å². The number of alkyl halides is 1. The van der Waals surface area contributed by atoms with Crippen molar-refractivity contribution in [2.24, 2.45) is 5.92 Å². The summed E-state index contributed by atoms with van der Waals surface area (Å²) in [5, 5.41) is 0. The van der Waals surface area contributed by atoms with E-state index in [1.54, 1.807) is 7.11 Å². The third-order valence-electron chi connectivity index (χ3n) is 4.62. The highest BCUT2D eigenvalue weighted by molar-refractivity contribution is 6.16. The van der Waals surface area contributed by atoms with Crippen LogP contribution >= 0.6 is 11.6 Å². The summed E-state index contributed by atoms with van der Waals surface area (Å²) in [5.41, 5.74) is 2.00. The van der Waals surface area contributed by atoms with Crippen LogP contribution in [-0.2, 0) is 10.6 Å². The van der Waals surface area contributed by atoms with Crippen molar-refractivity contribution in [3.8, 4) is 5.75 Å². The standard InChI is InChI=1S/C16H19ClN2O2/c1-20-13-4-2-3-11-15(13)18-14(9-17)19(11)12-7-8-21-16(12)10-5-6-10/h2-4,10,12,16H,5-9H2,1H3. The third kappa shape index (κ3) is 2.12. The molecule has 1 aliphatic carbocycles.